The van der Waals surface area contributed by atoms with Crippen LogP contribution in [0.3, 0.4) is 0 Å². The number of carbonyl (C=O) groups excluding carboxylic acids is 1. The van der Waals surface area contributed by atoms with Gasteiger partial charge in [-0.1, -0.05) is 0 Å². The van der Waals surface area contributed by atoms with Crippen LogP contribution in [-0.4, -0.2) is 42.5 Å². The monoisotopic (exact) mass is 424 g/mol. The molecule has 2 heterocycles. The molecule has 1 aliphatic rings. The first-order chi connectivity index (χ1) is 14.3. The van der Waals surface area contributed by atoms with E-state index in [-0.39, 0.29) is 24.5 Å². The number of halogens is 3. The van der Waals surface area contributed by atoms with E-state index in [1.54, 1.807) is 0 Å². The van der Waals surface area contributed by atoms with Crippen molar-refractivity contribution in [2.45, 2.75) is 32.0 Å². The van der Waals surface area contributed by atoms with E-state index in [9.17, 15) is 22.8 Å². The van der Waals surface area contributed by atoms with Gasteiger partial charge in [-0.25, -0.2) is 4.68 Å². The maximum atomic E-state index is 13.2. The summed E-state index contributed by atoms with van der Waals surface area (Å²) in [6.07, 6.45) is -1.61. The number of amides is 1. The lowest BCUT2D eigenvalue weighted by atomic mass is 10.1. The number of hydrogen-bond acceptors (Lipinski definition) is 5. The van der Waals surface area contributed by atoms with Crippen LogP contribution in [0, 0.1) is 0 Å². The van der Waals surface area contributed by atoms with Crippen molar-refractivity contribution in [3.05, 3.63) is 51.9 Å². The molecule has 0 bridgehead atoms. The van der Waals surface area contributed by atoms with E-state index in [1.165, 1.54) is 25.3 Å². The molecule has 0 saturated carbocycles. The lowest BCUT2D eigenvalue weighted by Gasteiger charge is -2.31. The molecule has 10 heteroatoms. The molecule has 30 heavy (non-hydrogen) atoms. The van der Waals surface area contributed by atoms with Crippen molar-refractivity contribution in [1.29, 1.82) is 0 Å². The molecule has 162 valence electrons. The van der Waals surface area contributed by atoms with Gasteiger partial charge in [0.25, 0.3) is 11.5 Å². The van der Waals surface area contributed by atoms with Crippen LogP contribution in [0.15, 0.2) is 35.1 Å². The van der Waals surface area contributed by atoms with Gasteiger partial charge in [-0.3, -0.25) is 9.59 Å². The molecule has 1 aromatic heterocycles. The fourth-order valence-corrected chi connectivity index (χ4v) is 3.32. The Morgan fingerprint density at radius 1 is 1.17 bits per heavy atom. The summed E-state index contributed by atoms with van der Waals surface area (Å²) in [6, 6.07) is 5.77. The summed E-state index contributed by atoms with van der Waals surface area (Å²) in [5.41, 5.74) is -0.738. The molecule has 0 spiro atoms. The zero-order chi connectivity index (χ0) is 21.7. The number of alkyl halides is 3. The van der Waals surface area contributed by atoms with Crippen molar-refractivity contribution in [1.82, 2.24) is 9.78 Å². The summed E-state index contributed by atoms with van der Waals surface area (Å²) < 4.78 is 45.7. The highest BCUT2D eigenvalue weighted by Crippen LogP contribution is 2.36. The standard InChI is InChI=1S/C20H23F3N4O3/c1-30-12-11-27-18(28)8-6-15(25-27)19(29)24-16-13-14(20(21,22)23)5-7-17(16)26-9-3-2-4-10-26/h5-8,13H,2-4,9-12H2,1H3,(H,24,29). The molecule has 1 saturated heterocycles. The summed E-state index contributed by atoms with van der Waals surface area (Å²) in [5.74, 6) is -0.696. The molecular formula is C20H23F3N4O3. The predicted octanol–water partition coefficient (Wildman–Crippen LogP) is 3.15. The topological polar surface area (TPSA) is 76.5 Å². The van der Waals surface area contributed by atoms with Crippen LogP contribution in [0.2, 0.25) is 0 Å². The maximum Gasteiger partial charge on any atom is 0.416 e. The lowest BCUT2D eigenvalue weighted by Crippen LogP contribution is -2.31. The molecule has 1 fully saturated rings. The molecule has 2 aromatic rings. The molecule has 0 unspecified atom stereocenters. The fraction of sp³-hybridized carbons (Fsp3) is 0.450. The Morgan fingerprint density at radius 2 is 1.90 bits per heavy atom. The highest BCUT2D eigenvalue weighted by molar-refractivity contribution is 6.04. The van der Waals surface area contributed by atoms with Gasteiger partial charge in [0, 0.05) is 26.3 Å². The van der Waals surface area contributed by atoms with Crippen molar-refractivity contribution in [3.63, 3.8) is 0 Å². The van der Waals surface area contributed by atoms with Gasteiger partial charge < -0.3 is 15.0 Å². The first kappa shape index (κ1) is 21.8. The first-order valence-corrected chi connectivity index (χ1v) is 9.64. The van der Waals surface area contributed by atoms with Crippen molar-refractivity contribution in [2.24, 2.45) is 0 Å². The second kappa shape index (κ2) is 9.29. The van der Waals surface area contributed by atoms with Crippen LogP contribution in [0.25, 0.3) is 0 Å². The van der Waals surface area contributed by atoms with Crippen LogP contribution in [0.1, 0.15) is 35.3 Å². The Labute approximate surface area is 171 Å². The Balaban J connectivity index is 1.91. The molecule has 0 radical (unpaired) electrons. The Morgan fingerprint density at radius 3 is 2.57 bits per heavy atom. The van der Waals surface area contributed by atoms with Crippen LogP contribution in [0.4, 0.5) is 24.5 Å². The number of rotatable bonds is 6. The number of benzene rings is 1. The van der Waals surface area contributed by atoms with Gasteiger partial charge in [-0.2, -0.15) is 18.3 Å². The largest absolute Gasteiger partial charge is 0.416 e. The number of carbonyl (C=O) groups is 1. The van der Waals surface area contributed by atoms with Crippen LogP contribution >= 0.6 is 0 Å². The van der Waals surface area contributed by atoms with Crippen LogP contribution in [-0.2, 0) is 17.5 Å². The average molecular weight is 424 g/mol. The van der Waals surface area contributed by atoms with Gasteiger partial charge >= 0.3 is 6.18 Å². The number of ether oxygens (including phenoxy) is 1. The molecule has 1 aliphatic heterocycles. The van der Waals surface area contributed by atoms with Crippen LogP contribution in [0.5, 0.6) is 0 Å². The third kappa shape index (κ3) is 5.18. The minimum Gasteiger partial charge on any atom is -0.383 e. The molecule has 1 aromatic carbocycles. The highest BCUT2D eigenvalue weighted by atomic mass is 19.4. The number of nitrogens with zero attached hydrogens (tertiary/aromatic N) is 3. The highest BCUT2D eigenvalue weighted by Gasteiger charge is 2.32. The zero-order valence-electron chi connectivity index (χ0n) is 16.5. The second-order valence-corrected chi connectivity index (χ2v) is 7.00. The van der Waals surface area contributed by atoms with Gasteiger partial charge in [0.2, 0.25) is 0 Å². The summed E-state index contributed by atoms with van der Waals surface area (Å²) in [4.78, 5) is 26.5. The fourth-order valence-electron chi connectivity index (χ4n) is 3.32. The quantitative estimate of drug-likeness (QED) is 0.771. The number of aromatic nitrogens is 2. The van der Waals surface area contributed by atoms with Gasteiger partial charge in [0.15, 0.2) is 0 Å². The Hall–Kier alpha value is -2.88. The average Bonchev–Trinajstić information content (AvgIpc) is 2.73. The summed E-state index contributed by atoms with van der Waals surface area (Å²) in [7, 11) is 1.47. The van der Waals surface area contributed by atoms with E-state index < -0.39 is 23.2 Å². The predicted molar refractivity (Wildman–Crippen MR) is 106 cm³/mol. The van der Waals surface area contributed by atoms with Gasteiger partial charge in [0.1, 0.15) is 5.69 Å². The number of anilines is 2. The van der Waals surface area contributed by atoms with E-state index in [2.05, 4.69) is 10.4 Å². The Kier molecular flexibility index (Phi) is 6.76. The van der Waals surface area contributed by atoms with Crippen LogP contribution < -0.4 is 15.8 Å². The molecule has 3 rings (SSSR count). The number of methoxy groups -OCH3 is 1. The molecule has 0 atom stereocenters. The third-order valence-electron chi connectivity index (χ3n) is 4.88. The van der Waals surface area contributed by atoms with Crippen molar-refractivity contribution in [2.75, 3.05) is 37.0 Å². The van der Waals surface area contributed by atoms with Gasteiger partial charge in [-0.15, -0.1) is 0 Å². The molecular weight excluding hydrogens is 401 g/mol. The van der Waals surface area contributed by atoms with Crippen molar-refractivity contribution in [3.8, 4) is 0 Å². The van der Waals surface area contributed by atoms with E-state index in [0.717, 1.165) is 36.1 Å². The van der Waals surface area contributed by atoms with Crippen molar-refractivity contribution < 1.29 is 22.7 Å². The van der Waals surface area contributed by atoms with E-state index in [4.69, 9.17) is 4.74 Å². The molecule has 7 nitrogen and oxygen atoms in total. The van der Waals surface area contributed by atoms with Crippen molar-refractivity contribution >= 4 is 17.3 Å². The third-order valence-corrected chi connectivity index (χ3v) is 4.88. The summed E-state index contributed by atoms with van der Waals surface area (Å²) >= 11 is 0. The molecule has 1 N–H and O–H groups in total. The normalized spacial score (nSPS) is 14.6. The van der Waals surface area contributed by atoms with E-state index >= 15 is 0 Å². The SMILES string of the molecule is COCCn1nc(C(=O)Nc2cc(C(F)(F)F)ccc2N2CCCCC2)ccc1=O. The summed E-state index contributed by atoms with van der Waals surface area (Å²) in [6.45, 7) is 1.78. The molecule has 1 amide bonds. The number of piperidine rings is 1. The van der Waals surface area contributed by atoms with Gasteiger partial charge in [-0.05, 0) is 43.5 Å². The number of hydrogen-bond donors (Lipinski definition) is 1. The number of nitrogens with one attached hydrogen (secondary N) is 1. The summed E-state index contributed by atoms with van der Waals surface area (Å²) in [5, 5.41) is 6.55. The van der Waals surface area contributed by atoms with E-state index in [1.807, 2.05) is 4.90 Å². The van der Waals surface area contributed by atoms with E-state index in [0.29, 0.717) is 18.8 Å². The first-order valence-electron chi connectivity index (χ1n) is 9.64. The Bertz CT molecular complexity index is 953. The maximum absolute atomic E-state index is 13.2. The second-order valence-electron chi connectivity index (χ2n) is 7.00. The minimum absolute atomic E-state index is 0.0631. The molecule has 0 aliphatic carbocycles. The zero-order valence-corrected chi connectivity index (χ0v) is 16.5. The lowest BCUT2D eigenvalue weighted by molar-refractivity contribution is -0.137. The van der Waals surface area contributed by atoms with Gasteiger partial charge in [0.05, 0.1) is 30.1 Å². The minimum atomic E-state index is -4.54. The smallest absolute Gasteiger partial charge is 0.383 e.